The predicted octanol–water partition coefficient (Wildman–Crippen LogP) is 2.26. The zero-order chi connectivity index (χ0) is 10.6. The van der Waals surface area contributed by atoms with Gasteiger partial charge in [-0.15, -0.1) is 0 Å². The lowest BCUT2D eigenvalue weighted by Crippen LogP contribution is -2.13. The fourth-order valence-electron chi connectivity index (χ4n) is 1.20. The standard InChI is InChI=1S/C11H17FN2/c1-11(2,12)9-3-5-10(6-4-9)14-8-7-13/h3-6,14H,7-8,13H2,1-2H3. The minimum absolute atomic E-state index is 0.594. The molecule has 0 unspecified atom stereocenters. The predicted molar refractivity (Wildman–Crippen MR) is 58.1 cm³/mol. The number of hydrogen-bond acceptors (Lipinski definition) is 2. The van der Waals surface area contributed by atoms with Gasteiger partial charge in [-0.2, -0.15) is 0 Å². The number of alkyl halides is 1. The topological polar surface area (TPSA) is 38.0 Å². The molecule has 0 radical (unpaired) electrons. The van der Waals surface area contributed by atoms with Gasteiger partial charge in [-0.3, -0.25) is 0 Å². The Bertz CT molecular complexity index is 274. The molecule has 3 heteroatoms. The van der Waals surface area contributed by atoms with Crippen LogP contribution in [0.2, 0.25) is 0 Å². The fourth-order valence-corrected chi connectivity index (χ4v) is 1.20. The van der Waals surface area contributed by atoms with E-state index in [0.29, 0.717) is 12.1 Å². The van der Waals surface area contributed by atoms with Gasteiger partial charge in [0.15, 0.2) is 0 Å². The van der Waals surface area contributed by atoms with Crippen LogP contribution in [-0.2, 0) is 5.67 Å². The molecule has 0 saturated carbocycles. The molecule has 0 aliphatic carbocycles. The van der Waals surface area contributed by atoms with E-state index in [4.69, 9.17) is 5.73 Å². The average Bonchev–Trinajstić information content (AvgIpc) is 2.14. The summed E-state index contributed by atoms with van der Waals surface area (Å²) >= 11 is 0. The number of rotatable bonds is 4. The molecular weight excluding hydrogens is 179 g/mol. The van der Waals surface area contributed by atoms with Crippen molar-refractivity contribution in [1.29, 1.82) is 0 Å². The SMILES string of the molecule is CC(C)(F)c1ccc(NCCN)cc1. The van der Waals surface area contributed by atoms with E-state index in [9.17, 15) is 4.39 Å². The van der Waals surface area contributed by atoms with Crippen LogP contribution < -0.4 is 11.1 Å². The molecule has 0 bridgehead atoms. The summed E-state index contributed by atoms with van der Waals surface area (Å²) in [5.74, 6) is 0. The summed E-state index contributed by atoms with van der Waals surface area (Å²) in [5.41, 5.74) is 5.75. The number of anilines is 1. The number of benzene rings is 1. The quantitative estimate of drug-likeness (QED) is 0.775. The Morgan fingerprint density at radius 3 is 2.29 bits per heavy atom. The van der Waals surface area contributed by atoms with Gasteiger partial charge in [0.25, 0.3) is 0 Å². The molecule has 14 heavy (non-hydrogen) atoms. The van der Waals surface area contributed by atoms with Gasteiger partial charge in [-0.05, 0) is 31.5 Å². The van der Waals surface area contributed by atoms with Crippen molar-refractivity contribution >= 4 is 5.69 Å². The summed E-state index contributed by atoms with van der Waals surface area (Å²) in [5, 5.41) is 3.13. The van der Waals surface area contributed by atoms with Crippen molar-refractivity contribution in [1.82, 2.24) is 0 Å². The second-order valence-corrected chi connectivity index (χ2v) is 3.77. The lowest BCUT2D eigenvalue weighted by atomic mass is 10.0. The first-order chi connectivity index (χ1) is 6.54. The Balaban J connectivity index is 2.69. The first-order valence-corrected chi connectivity index (χ1v) is 4.77. The van der Waals surface area contributed by atoms with Crippen molar-refractivity contribution < 1.29 is 4.39 Å². The third-order valence-electron chi connectivity index (χ3n) is 2.04. The maximum absolute atomic E-state index is 13.5. The minimum atomic E-state index is -1.27. The molecule has 0 aliphatic rings. The molecule has 0 heterocycles. The fraction of sp³-hybridized carbons (Fsp3) is 0.455. The van der Waals surface area contributed by atoms with Crippen LogP contribution in [0.4, 0.5) is 10.1 Å². The zero-order valence-electron chi connectivity index (χ0n) is 8.68. The van der Waals surface area contributed by atoms with Crippen molar-refractivity contribution in [3.8, 4) is 0 Å². The van der Waals surface area contributed by atoms with Crippen molar-refractivity contribution in [2.75, 3.05) is 18.4 Å². The third-order valence-corrected chi connectivity index (χ3v) is 2.04. The molecule has 2 nitrogen and oxygen atoms in total. The average molecular weight is 196 g/mol. The van der Waals surface area contributed by atoms with Gasteiger partial charge in [0.05, 0.1) is 0 Å². The highest BCUT2D eigenvalue weighted by Gasteiger charge is 2.17. The maximum atomic E-state index is 13.5. The van der Waals surface area contributed by atoms with Gasteiger partial charge in [0.1, 0.15) is 5.67 Å². The summed E-state index contributed by atoms with van der Waals surface area (Å²) in [6.45, 7) is 4.43. The van der Waals surface area contributed by atoms with E-state index >= 15 is 0 Å². The lowest BCUT2D eigenvalue weighted by Gasteiger charge is -2.15. The minimum Gasteiger partial charge on any atom is -0.384 e. The molecule has 0 aromatic heterocycles. The van der Waals surface area contributed by atoms with Crippen molar-refractivity contribution in [2.24, 2.45) is 5.73 Å². The van der Waals surface area contributed by atoms with E-state index in [0.717, 1.165) is 12.2 Å². The van der Waals surface area contributed by atoms with Gasteiger partial charge >= 0.3 is 0 Å². The Kier molecular flexibility index (Phi) is 3.47. The molecule has 0 saturated heterocycles. The first-order valence-electron chi connectivity index (χ1n) is 4.77. The summed E-state index contributed by atoms with van der Waals surface area (Å²) in [6.07, 6.45) is 0. The van der Waals surface area contributed by atoms with Crippen LogP contribution in [0.3, 0.4) is 0 Å². The summed E-state index contributed by atoms with van der Waals surface area (Å²) in [6, 6.07) is 7.32. The van der Waals surface area contributed by atoms with E-state index in [2.05, 4.69) is 5.32 Å². The van der Waals surface area contributed by atoms with Gasteiger partial charge in [-0.1, -0.05) is 12.1 Å². The normalized spacial score (nSPS) is 11.4. The van der Waals surface area contributed by atoms with Crippen LogP contribution in [0.15, 0.2) is 24.3 Å². The third kappa shape index (κ3) is 3.00. The Morgan fingerprint density at radius 1 is 1.29 bits per heavy atom. The maximum Gasteiger partial charge on any atom is 0.130 e. The second-order valence-electron chi connectivity index (χ2n) is 3.77. The summed E-state index contributed by atoms with van der Waals surface area (Å²) in [7, 11) is 0. The summed E-state index contributed by atoms with van der Waals surface area (Å²) < 4.78 is 13.5. The molecule has 0 amide bonds. The van der Waals surface area contributed by atoms with Crippen LogP contribution in [0, 0.1) is 0 Å². The highest BCUT2D eigenvalue weighted by Crippen LogP contribution is 2.25. The molecule has 1 rings (SSSR count). The zero-order valence-corrected chi connectivity index (χ0v) is 8.68. The molecule has 3 N–H and O–H groups in total. The van der Waals surface area contributed by atoms with Crippen molar-refractivity contribution in [3.63, 3.8) is 0 Å². The molecule has 1 aromatic carbocycles. The van der Waals surface area contributed by atoms with Crippen LogP contribution in [-0.4, -0.2) is 13.1 Å². The number of halogens is 1. The van der Waals surface area contributed by atoms with Gasteiger partial charge in [0, 0.05) is 18.8 Å². The number of nitrogens with two attached hydrogens (primary N) is 1. The smallest absolute Gasteiger partial charge is 0.130 e. The van der Waals surface area contributed by atoms with Crippen LogP contribution in [0.25, 0.3) is 0 Å². The highest BCUT2D eigenvalue weighted by molar-refractivity contribution is 5.45. The van der Waals surface area contributed by atoms with Crippen LogP contribution in [0.5, 0.6) is 0 Å². The number of nitrogens with one attached hydrogen (secondary N) is 1. The molecule has 0 aliphatic heterocycles. The van der Waals surface area contributed by atoms with E-state index in [1.54, 1.807) is 26.0 Å². The molecule has 1 aromatic rings. The molecular formula is C11H17FN2. The van der Waals surface area contributed by atoms with E-state index in [1.165, 1.54) is 0 Å². The molecule has 0 spiro atoms. The molecule has 0 atom stereocenters. The lowest BCUT2D eigenvalue weighted by molar-refractivity contribution is 0.221. The van der Waals surface area contributed by atoms with Crippen LogP contribution in [0.1, 0.15) is 19.4 Å². The second kappa shape index (κ2) is 4.42. The first kappa shape index (κ1) is 11.0. The van der Waals surface area contributed by atoms with Gasteiger partial charge in [-0.25, -0.2) is 4.39 Å². The largest absolute Gasteiger partial charge is 0.384 e. The van der Waals surface area contributed by atoms with Crippen molar-refractivity contribution in [2.45, 2.75) is 19.5 Å². The van der Waals surface area contributed by atoms with Crippen LogP contribution >= 0.6 is 0 Å². The van der Waals surface area contributed by atoms with Crippen molar-refractivity contribution in [3.05, 3.63) is 29.8 Å². The Morgan fingerprint density at radius 2 is 1.86 bits per heavy atom. The molecule has 0 fully saturated rings. The van der Waals surface area contributed by atoms with Gasteiger partial charge in [0.2, 0.25) is 0 Å². The van der Waals surface area contributed by atoms with E-state index in [-0.39, 0.29) is 0 Å². The Hall–Kier alpha value is -1.09. The molecule has 78 valence electrons. The Labute approximate surface area is 84.3 Å². The monoisotopic (exact) mass is 196 g/mol. The van der Waals surface area contributed by atoms with Gasteiger partial charge < -0.3 is 11.1 Å². The highest BCUT2D eigenvalue weighted by atomic mass is 19.1. The van der Waals surface area contributed by atoms with E-state index < -0.39 is 5.67 Å². The number of hydrogen-bond donors (Lipinski definition) is 2. The summed E-state index contributed by atoms with van der Waals surface area (Å²) in [4.78, 5) is 0. The van der Waals surface area contributed by atoms with E-state index in [1.807, 2.05) is 12.1 Å².